The molecule has 0 heterocycles. The first-order chi connectivity index (χ1) is 4.70. The van der Waals surface area contributed by atoms with Gasteiger partial charge in [-0.15, -0.1) is 6.42 Å². The molecule has 0 saturated heterocycles. The summed E-state index contributed by atoms with van der Waals surface area (Å²) in [5, 5.41) is 0. The second kappa shape index (κ2) is 5.45. The van der Waals surface area contributed by atoms with Crippen LogP contribution in [0, 0.1) is 12.3 Å². The monoisotopic (exact) mass is 159 g/mol. The topological polar surface area (TPSA) is 29.1 Å². The minimum Gasteiger partial charge on any atom is -0.243 e. The van der Waals surface area contributed by atoms with E-state index in [1.54, 1.807) is 0 Å². The Kier molecular flexibility index (Phi) is 5.27. The van der Waals surface area contributed by atoms with Gasteiger partial charge in [0.05, 0.1) is 17.0 Å². The van der Waals surface area contributed by atoms with Gasteiger partial charge in [-0.25, -0.2) is 8.93 Å². The van der Waals surface area contributed by atoms with Crippen molar-refractivity contribution in [1.82, 2.24) is 4.72 Å². The fourth-order valence-electron chi connectivity index (χ4n) is 0.476. The van der Waals surface area contributed by atoms with E-state index in [-0.39, 0.29) is 6.04 Å². The highest BCUT2D eigenvalue weighted by Gasteiger charge is 2.00. The predicted molar refractivity (Wildman–Crippen MR) is 44.7 cm³/mol. The van der Waals surface area contributed by atoms with Crippen molar-refractivity contribution >= 4 is 11.0 Å². The van der Waals surface area contributed by atoms with E-state index in [1.807, 2.05) is 13.8 Å². The maximum atomic E-state index is 10.9. The molecule has 0 bridgehead atoms. The molecule has 0 saturated carbocycles. The van der Waals surface area contributed by atoms with Crippen LogP contribution >= 0.6 is 0 Å². The van der Waals surface area contributed by atoms with Crippen molar-refractivity contribution in [3.05, 3.63) is 0 Å². The molecule has 0 spiro atoms. The van der Waals surface area contributed by atoms with Crippen LogP contribution in [0.4, 0.5) is 0 Å². The summed E-state index contributed by atoms with van der Waals surface area (Å²) in [6.45, 7) is 3.80. The molecule has 2 nitrogen and oxygen atoms in total. The summed E-state index contributed by atoms with van der Waals surface area (Å²) in [7, 11) is -0.943. The molecule has 2 unspecified atom stereocenters. The first-order valence-electron chi connectivity index (χ1n) is 3.31. The quantitative estimate of drug-likeness (QED) is 0.600. The summed E-state index contributed by atoms with van der Waals surface area (Å²) in [5.74, 6) is 3.12. The zero-order valence-electron chi connectivity index (χ0n) is 6.39. The minimum absolute atomic E-state index is 0.0904. The number of rotatable bonds is 4. The van der Waals surface area contributed by atoms with Crippen LogP contribution in [0.2, 0.25) is 0 Å². The molecule has 0 aromatic heterocycles. The number of hydrogen-bond donors (Lipinski definition) is 1. The first-order valence-corrected chi connectivity index (χ1v) is 4.63. The van der Waals surface area contributed by atoms with Gasteiger partial charge in [-0.1, -0.05) is 12.8 Å². The zero-order valence-corrected chi connectivity index (χ0v) is 7.20. The Hall–Kier alpha value is -0.330. The summed E-state index contributed by atoms with van der Waals surface area (Å²) in [6, 6.07) is -0.0904. The lowest BCUT2D eigenvalue weighted by molar-refractivity contribution is 0.666. The molecule has 0 aliphatic carbocycles. The Labute approximate surface area is 65.0 Å². The maximum absolute atomic E-state index is 10.9. The van der Waals surface area contributed by atoms with Gasteiger partial charge < -0.3 is 0 Å². The fourth-order valence-corrected chi connectivity index (χ4v) is 1.43. The first kappa shape index (κ1) is 9.67. The lowest BCUT2D eigenvalue weighted by Gasteiger charge is -2.04. The fraction of sp³-hybridized carbons (Fsp3) is 0.714. The molecule has 1 N–H and O–H groups in total. The molecular weight excluding hydrogens is 146 g/mol. The zero-order chi connectivity index (χ0) is 7.98. The van der Waals surface area contributed by atoms with Gasteiger partial charge in [-0.2, -0.15) is 0 Å². The third-order valence-corrected chi connectivity index (χ3v) is 2.34. The third-order valence-electron chi connectivity index (χ3n) is 0.948. The lowest BCUT2D eigenvalue weighted by atomic mass is 10.4. The van der Waals surface area contributed by atoms with E-state index >= 15 is 0 Å². The Bertz CT molecular complexity index is 150. The van der Waals surface area contributed by atoms with Crippen molar-refractivity contribution in [2.24, 2.45) is 0 Å². The van der Waals surface area contributed by atoms with Crippen LogP contribution in [-0.4, -0.2) is 16.0 Å². The van der Waals surface area contributed by atoms with Crippen LogP contribution in [-0.2, 0) is 11.0 Å². The Balaban J connectivity index is 3.49. The standard InChI is InChI=1S/C7H13NOS/c1-4-6-10(9)8-7(3)5-2/h2,7-8H,4,6H2,1,3H3. The van der Waals surface area contributed by atoms with Crippen LogP contribution in [0.25, 0.3) is 0 Å². The van der Waals surface area contributed by atoms with Gasteiger partial charge in [0.1, 0.15) is 0 Å². The smallest absolute Gasteiger partial charge is 0.0926 e. The average Bonchev–Trinajstić information content (AvgIpc) is 1.88. The van der Waals surface area contributed by atoms with E-state index in [1.165, 1.54) is 0 Å². The van der Waals surface area contributed by atoms with Gasteiger partial charge in [-0.05, 0) is 13.3 Å². The number of hydrogen-bond acceptors (Lipinski definition) is 1. The highest BCUT2D eigenvalue weighted by molar-refractivity contribution is 7.83. The van der Waals surface area contributed by atoms with E-state index in [9.17, 15) is 4.21 Å². The van der Waals surface area contributed by atoms with Crippen LogP contribution in [0.5, 0.6) is 0 Å². The Morgan fingerprint density at radius 1 is 1.80 bits per heavy atom. The Morgan fingerprint density at radius 3 is 2.80 bits per heavy atom. The van der Waals surface area contributed by atoms with Gasteiger partial charge >= 0.3 is 0 Å². The number of nitrogens with one attached hydrogen (secondary N) is 1. The highest BCUT2D eigenvalue weighted by atomic mass is 32.2. The molecule has 0 rings (SSSR count). The molecule has 0 aliphatic heterocycles. The van der Waals surface area contributed by atoms with Gasteiger partial charge in [0.2, 0.25) is 0 Å². The van der Waals surface area contributed by atoms with Crippen LogP contribution in [0.1, 0.15) is 20.3 Å². The molecule has 58 valence electrons. The highest BCUT2D eigenvalue weighted by Crippen LogP contribution is 1.84. The minimum atomic E-state index is -0.943. The molecule has 0 amide bonds. The third kappa shape index (κ3) is 4.54. The molecule has 0 aliphatic rings. The van der Waals surface area contributed by atoms with E-state index in [2.05, 4.69) is 10.6 Å². The molecule has 0 radical (unpaired) electrons. The van der Waals surface area contributed by atoms with Gasteiger partial charge in [0.15, 0.2) is 0 Å². The molecular formula is C7H13NOS. The van der Waals surface area contributed by atoms with Crippen molar-refractivity contribution < 1.29 is 4.21 Å². The maximum Gasteiger partial charge on any atom is 0.0926 e. The van der Waals surface area contributed by atoms with E-state index in [4.69, 9.17) is 6.42 Å². The second-order valence-electron chi connectivity index (χ2n) is 2.06. The summed E-state index contributed by atoms with van der Waals surface area (Å²) >= 11 is 0. The summed E-state index contributed by atoms with van der Waals surface area (Å²) in [5.41, 5.74) is 0. The normalized spacial score (nSPS) is 15.7. The molecule has 0 aromatic carbocycles. The molecule has 3 heteroatoms. The van der Waals surface area contributed by atoms with Gasteiger partial charge in [0.25, 0.3) is 0 Å². The van der Waals surface area contributed by atoms with Crippen LogP contribution < -0.4 is 4.72 Å². The summed E-state index contributed by atoms with van der Waals surface area (Å²) in [6.07, 6.45) is 5.98. The van der Waals surface area contributed by atoms with E-state index in [0.29, 0.717) is 5.75 Å². The summed E-state index contributed by atoms with van der Waals surface area (Å²) < 4.78 is 13.7. The molecule has 0 fully saturated rings. The van der Waals surface area contributed by atoms with Crippen LogP contribution in [0.3, 0.4) is 0 Å². The second-order valence-corrected chi connectivity index (χ2v) is 3.39. The average molecular weight is 159 g/mol. The van der Waals surface area contributed by atoms with E-state index in [0.717, 1.165) is 6.42 Å². The van der Waals surface area contributed by atoms with Crippen molar-refractivity contribution in [2.75, 3.05) is 5.75 Å². The largest absolute Gasteiger partial charge is 0.243 e. The van der Waals surface area contributed by atoms with Gasteiger partial charge in [0, 0.05) is 5.75 Å². The summed E-state index contributed by atoms with van der Waals surface area (Å²) in [4.78, 5) is 0. The molecule has 0 aromatic rings. The van der Waals surface area contributed by atoms with Gasteiger partial charge in [-0.3, -0.25) is 0 Å². The number of terminal acetylenes is 1. The SMILES string of the molecule is C#CC(C)NS(=O)CCC. The predicted octanol–water partition coefficient (Wildman–Crippen LogP) is 0.671. The Morgan fingerprint density at radius 2 is 2.40 bits per heavy atom. The van der Waals surface area contributed by atoms with Crippen LogP contribution in [0.15, 0.2) is 0 Å². The van der Waals surface area contributed by atoms with Crippen molar-refractivity contribution in [2.45, 2.75) is 26.3 Å². The van der Waals surface area contributed by atoms with Crippen molar-refractivity contribution in [3.8, 4) is 12.3 Å². The molecule has 10 heavy (non-hydrogen) atoms. The molecule has 2 atom stereocenters. The lowest BCUT2D eigenvalue weighted by Crippen LogP contribution is -2.27. The van der Waals surface area contributed by atoms with Crippen molar-refractivity contribution in [1.29, 1.82) is 0 Å². The van der Waals surface area contributed by atoms with Crippen molar-refractivity contribution in [3.63, 3.8) is 0 Å². The van der Waals surface area contributed by atoms with E-state index < -0.39 is 11.0 Å².